The number of carbonyl (C=O) groups is 2. The Morgan fingerprint density at radius 3 is 2.26 bits per heavy atom. The number of carboxylic acids is 1. The molecule has 7 heteroatoms. The van der Waals surface area contributed by atoms with E-state index in [0.717, 1.165) is 42.4 Å². The van der Waals surface area contributed by atoms with E-state index in [1.54, 1.807) is 26.4 Å². The molecule has 2 aromatic carbocycles. The molecule has 0 radical (unpaired) electrons. The van der Waals surface area contributed by atoms with Gasteiger partial charge in [0.15, 0.2) is 5.78 Å². The van der Waals surface area contributed by atoms with E-state index in [1.807, 2.05) is 24.3 Å². The van der Waals surface area contributed by atoms with Crippen molar-refractivity contribution in [1.29, 1.82) is 0 Å². The van der Waals surface area contributed by atoms with Gasteiger partial charge in [0.05, 0.1) is 18.8 Å². The Morgan fingerprint density at radius 2 is 1.66 bits per heavy atom. The van der Waals surface area contributed by atoms with Gasteiger partial charge in [0.25, 0.3) is 0 Å². The van der Waals surface area contributed by atoms with Gasteiger partial charge in [-0.25, -0.2) is 4.79 Å². The van der Waals surface area contributed by atoms with Gasteiger partial charge in [-0.3, -0.25) is 15.1 Å². The van der Waals surface area contributed by atoms with Gasteiger partial charge in [-0.2, -0.15) is 0 Å². The molecule has 1 fully saturated rings. The van der Waals surface area contributed by atoms with Crippen molar-refractivity contribution >= 4 is 17.5 Å². The Morgan fingerprint density at radius 1 is 1.00 bits per heavy atom. The topological polar surface area (TPSA) is 97.2 Å². The number of hydrogen-bond acceptors (Lipinski definition) is 6. The van der Waals surface area contributed by atoms with Gasteiger partial charge in [-0.1, -0.05) is 55.7 Å². The minimum Gasteiger partial charge on any atom is -0.497 e. The van der Waals surface area contributed by atoms with E-state index in [2.05, 4.69) is 22.4 Å². The summed E-state index contributed by atoms with van der Waals surface area (Å²) in [6.45, 7) is 0.271. The minimum absolute atomic E-state index is 0.0465. The lowest BCUT2D eigenvalue weighted by Gasteiger charge is -2.36. The zero-order valence-electron chi connectivity index (χ0n) is 20.0. The summed E-state index contributed by atoms with van der Waals surface area (Å²) in [6, 6.07) is 14.2. The van der Waals surface area contributed by atoms with Gasteiger partial charge in [-0.15, -0.1) is 0 Å². The standard InChI is InChI=1S/C28H30N2O5/c1-34-20-12-8-17(9-13-20)23-22-21(25(30-23)27(32)33)16-29-24(26(22)31)18-6-10-19(11-7-18)28(35-2)14-4-3-5-15-28/h6-13,23-24,29H,3-5,14-16H2,1-2H3,(H,32,33). The molecule has 0 saturated heterocycles. The monoisotopic (exact) mass is 474 g/mol. The number of ketones is 1. The molecule has 2 heterocycles. The predicted octanol–water partition coefficient (Wildman–Crippen LogP) is 4.29. The summed E-state index contributed by atoms with van der Waals surface area (Å²) in [7, 11) is 3.36. The molecule has 35 heavy (non-hydrogen) atoms. The number of hydrogen-bond donors (Lipinski definition) is 2. The molecule has 0 bridgehead atoms. The van der Waals surface area contributed by atoms with Crippen LogP contribution in [0.5, 0.6) is 5.75 Å². The van der Waals surface area contributed by atoms with Crippen LogP contribution < -0.4 is 10.1 Å². The lowest BCUT2D eigenvalue weighted by atomic mass is 9.78. The van der Waals surface area contributed by atoms with Crippen LogP contribution >= 0.6 is 0 Å². The van der Waals surface area contributed by atoms with Crippen LogP contribution in [0.25, 0.3) is 0 Å². The van der Waals surface area contributed by atoms with E-state index < -0.39 is 18.1 Å². The third kappa shape index (κ3) is 4.09. The van der Waals surface area contributed by atoms with Gasteiger partial charge >= 0.3 is 5.97 Å². The Labute approximate surface area is 204 Å². The lowest BCUT2D eigenvalue weighted by Crippen LogP contribution is -2.39. The maximum atomic E-state index is 13.8. The number of carbonyl (C=O) groups excluding carboxylic acids is 1. The van der Waals surface area contributed by atoms with Crippen molar-refractivity contribution in [3.05, 3.63) is 76.4 Å². The molecule has 2 atom stereocenters. The van der Waals surface area contributed by atoms with Gasteiger partial charge in [0.1, 0.15) is 17.5 Å². The van der Waals surface area contributed by atoms with Crippen molar-refractivity contribution in [3.63, 3.8) is 0 Å². The number of carboxylic acid groups (broad SMARTS) is 1. The van der Waals surface area contributed by atoms with Crippen molar-refractivity contribution in [2.24, 2.45) is 4.99 Å². The molecule has 2 unspecified atom stereocenters. The van der Waals surface area contributed by atoms with Crippen LogP contribution in [0.15, 0.2) is 64.7 Å². The maximum absolute atomic E-state index is 13.8. The molecule has 1 aliphatic carbocycles. The van der Waals surface area contributed by atoms with Crippen LogP contribution in [0, 0.1) is 0 Å². The number of nitrogens with one attached hydrogen (secondary N) is 1. The number of rotatable bonds is 6. The van der Waals surface area contributed by atoms with Crippen LogP contribution in [0.4, 0.5) is 0 Å². The smallest absolute Gasteiger partial charge is 0.354 e. The number of aliphatic imine (C=N–C) groups is 1. The minimum atomic E-state index is -1.12. The van der Waals surface area contributed by atoms with Crippen molar-refractivity contribution in [2.75, 3.05) is 20.8 Å². The van der Waals surface area contributed by atoms with Gasteiger partial charge in [-0.05, 0) is 41.7 Å². The third-order valence-corrected chi connectivity index (χ3v) is 7.61. The summed E-state index contributed by atoms with van der Waals surface area (Å²) >= 11 is 0. The van der Waals surface area contributed by atoms with Gasteiger partial charge in [0.2, 0.25) is 0 Å². The summed E-state index contributed by atoms with van der Waals surface area (Å²) in [6.07, 6.45) is 5.52. The molecule has 2 aromatic rings. The summed E-state index contributed by atoms with van der Waals surface area (Å²) in [5.41, 5.74) is 3.38. The number of aliphatic carboxylic acids is 1. The summed E-state index contributed by atoms with van der Waals surface area (Å²) in [5, 5.41) is 13.0. The SMILES string of the molecule is COc1ccc(C2N=C(C(=O)O)C3=C2C(=O)C(c2ccc(C4(OC)CCCCC4)cc2)NC3)cc1. The maximum Gasteiger partial charge on any atom is 0.354 e. The highest BCUT2D eigenvalue weighted by molar-refractivity contribution is 6.45. The fourth-order valence-corrected chi connectivity index (χ4v) is 5.67. The van der Waals surface area contributed by atoms with E-state index in [0.29, 0.717) is 16.9 Å². The molecule has 0 spiro atoms. The predicted molar refractivity (Wildman–Crippen MR) is 132 cm³/mol. The average molecular weight is 475 g/mol. The summed E-state index contributed by atoms with van der Waals surface area (Å²) in [5.74, 6) is -0.577. The van der Waals surface area contributed by atoms with Crippen LogP contribution in [-0.4, -0.2) is 43.3 Å². The molecule has 5 rings (SSSR count). The van der Waals surface area contributed by atoms with E-state index in [9.17, 15) is 14.7 Å². The first-order chi connectivity index (χ1) is 17.0. The normalized spacial score (nSPS) is 23.6. The van der Waals surface area contributed by atoms with Crippen LogP contribution in [0.1, 0.15) is 60.9 Å². The number of nitrogens with zero attached hydrogens (tertiary/aromatic N) is 1. The molecule has 2 aliphatic heterocycles. The Balaban J connectivity index is 1.45. The number of benzene rings is 2. The number of ether oxygens (including phenoxy) is 2. The summed E-state index contributed by atoms with van der Waals surface area (Å²) < 4.78 is 11.2. The van der Waals surface area contributed by atoms with Gasteiger partial charge < -0.3 is 14.6 Å². The Kier molecular flexibility index (Phi) is 6.30. The largest absolute Gasteiger partial charge is 0.497 e. The molecule has 0 aromatic heterocycles. The molecular weight excluding hydrogens is 444 g/mol. The molecule has 2 N–H and O–H groups in total. The number of methoxy groups -OCH3 is 2. The first-order valence-corrected chi connectivity index (χ1v) is 12.1. The van der Waals surface area contributed by atoms with Crippen molar-refractivity contribution < 1.29 is 24.2 Å². The zero-order chi connectivity index (χ0) is 24.6. The highest BCUT2D eigenvalue weighted by Crippen LogP contribution is 2.42. The fraction of sp³-hybridized carbons (Fsp3) is 0.393. The van der Waals surface area contributed by atoms with E-state index in [4.69, 9.17) is 9.47 Å². The zero-order valence-corrected chi connectivity index (χ0v) is 20.0. The Hall–Kier alpha value is -3.29. The van der Waals surface area contributed by atoms with Crippen molar-refractivity contribution in [1.82, 2.24) is 5.32 Å². The van der Waals surface area contributed by atoms with Crippen molar-refractivity contribution in [2.45, 2.75) is 49.8 Å². The second kappa shape index (κ2) is 9.40. The second-order valence-electron chi connectivity index (χ2n) is 9.41. The lowest BCUT2D eigenvalue weighted by molar-refractivity contribution is -0.129. The quantitative estimate of drug-likeness (QED) is 0.648. The molecule has 182 valence electrons. The molecule has 7 nitrogen and oxygen atoms in total. The van der Waals surface area contributed by atoms with Crippen LogP contribution in [0.2, 0.25) is 0 Å². The molecular formula is C28H30N2O5. The van der Waals surface area contributed by atoms with Crippen LogP contribution in [0.3, 0.4) is 0 Å². The van der Waals surface area contributed by atoms with Gasteiger partial charge in [0, 0.05) is 24.8 Å². The third-order valence-electron chi connectivity index (χ3n) is 7.61. The first-order valence-electron chi connectivity index (χ1n) is 12.1. The highest BCUT2D eigenvalue weighted by Gasteiger charge is 2.42. The molecule has 3 aliphatic rings. The van der Waals surface area contributed by atoms with E-state index >= 15 is 0 Å². The average Bonchev–Trinajstić information content (AvgIpc) is 3.30. The Bertz CT molecular complexity index is 1190. The summed E-state index contributed by atoms with van der Waals surface area (Å²) in [4.78, 5) is 30.1. The van der Waals surface area contributed by atoms with E-state index in [-0.39, 0.29) is 23.6 Å². The van der Waals surface area contributed by atoms with Crippen LogP contribution in [-0.2, 0) is 19.9 Å². The fourth-order valence-electron chi connectivity index (χ4n) is 5.67. The van der Waals surface area contributed by atoms with E-state index in [1.165, 1.54) is 6.42 Å². The van der Waals surface area contributed by atoms with Crippen molar-refractivity contribution in [3.8, 4) is 5.75 Å². The second-order valence-corrected chi connectivity index (χ2v) is 9.41. The number of Topliss-reactive ketones (excluding diaryl/α,β-unsaturated/α-hetero) is 1. The molecule has 1 saturated carbocycles. The highest BCUT2D eigenvalue weighted by atomic mass is 16.5. The molecule has 0 amide bonds. The first kappa shape index (κ1) is 23.5.